The predicted molar refractivity (Wildman–Crippen MR) is 358 cm³/mol. The van der Waals surface area contributed by atoms with Crippen LogP contribution in [0.25, 0.3) is 0 Å². The molecule has 5 nitrogen and oxygen atoms in total. The van der Waals surface area contributed by atoms with Crippen LogP contribution in [0.4, 0.5) is 0 Å². The molecule has 0 aliphatic rings. The van der Waals surface area contributed by atoms with Crippen LogP contribution in [-0.4, -0.2) is 81.0 Å². The number of ether oxygens (including phenoxy) is 2. The van der Waals surface area contributed by atoms with E-state index in [4.69, 9.17) is 9.47 Å². The highest BCUT2D eigenvalue weighted by Gasteiger charge is 2.35. The summed E-state index contributed by atoms with van der Waals surface area (Å²) in [5, 5.41) is 0. The number of carbonyl (C=O) groups excluding carboxylic acids is 2. The minimum Gasteiger partial charge on any atom is -0.465 e. The fourth-order valence-corrected chi connectivity index (χ4v) is 17.0. The van der Waals surface area contributed by atoms with Gasteiger partial charge in [0.2, 0.25) is 0 Å². The predicted octanol–water partition coefficient (Wildman–Crippen LogP) is 24.4. The first-order valence-electron chi connectivity index (χ1n) is 36.6. The van der Waals surface area contributed by atoms with E-state index in [-0.39, 0.29) is 11.9 Å². The van der Waals surface area contributed by atoms with E-state index in [1.54, 1.807) is 0 Å². The molecule has 79 heavy (non-hydrogen) atoms. The third-order valence-electron chi connectivity index (χ3n) is 18.2. The van der Waals surface area contributed by atoms with E-state index in [9.17, 15) is 9.59 Å². The van der Waals surface area contributed by atoms with Gasteiger partial charge in [-0.15, -0.1) is 0 Å². The van der Waals surface area contributed by atoms with E-state index in [1.807, 2.05) is 0 Å². The first-order chi connectivity index (χ1) is 38.6. The number of esters is 2. The minimum absolute atomic E-state index is 0.0272. The van der Waals surface area contributed by atoms with E-state index < -0.39 is 7.26 Å². The molecule has 0 spiro atoms. The average Bonchev–Trinajstić information content (AvgIpc) is 3.45. The Labute approximate surface area is 500 Å². The van der Waals surface area contributed by atoms with Crippen molar-refractivity contribution in [3.05, 3.63) is 0 Å². The molecule has 0 heterocycles. The van der Waals surface area contributed by atoms with Crippen LogP contribution in [0.3, 0.4) is 0 Å². The number of hydrogen-bond donors (Lipinski definition) is 0. The van der Waals surface area contributed by atoms with E-state index in [1.165, 1.54) is 320 Å². The lowest BCUT2D eigenvalue weighted by atomic mass is 10.0. The van der Waals surface area contributed by atoms with Gasteiger partial charge in [0, 0.05) is 20.1 Å². The summed E-state index contributed by atoms with van der Waals surface area (Å²) in [4.78, 5) is 25.2. The van der Waals surface area contributed by atoms with Gasteiger partial charge in [-0.1, -0.05) is 281 Å². The summed E-state index contributed by atoms with van der Waals surface area (Å²) in [6, 6.07) is 0. The van der Waals surface area contributed by atoms with Gasteiger partial charge in [-0.25, -0.2) is 0 Å². The number of unbranched alkanes of at least 4 members (excludes halogenated alkanes) is 35. The topological polar surface area (TPSA) is 52.6 Å². The second kappa shape index (κ2) is 63.4. The fourth-order valence-electron chi connectivity index (χ4n) is 12.2. The molecule has 0 aromatic carbocycles. The summed E-state index contributed by atoms with van der Waals surface area (Å²) in [6.07, 6.45) is 71.9. The largest absolute Gasteiger partial charge is 0.465 e. The lowest BCUT2D eigenvalue weighted by Gasteiger charge is -2.35. The van der Waals surface area contributed by atoms with Crippen molar-refractivity contribution < 1.29 is 23.5 Å². The molecule has 0 bridgehead atoms. The number of carbonyl (C=O) groups is 2. The molecule has 0 amide bonds. The zero-order valence-electron chi connectivity index (χ0n) is 56.4. The smallest absolute Gasteiger partial charge is 0.306 e. The first kappa shape index (κ1) is 80.4. The Bertz CT molecular complexity index is 1150. The lowest BCUT2D eigenvalue weighted by molar-refractivity contribution is -0.910. The van der Waals surface area contributed by atoms with Crippen LogP contribution in [0, 0.1) is 11.8 Å². The molecule has 6 heteroatoms. The summed E-state index contributed by atoms with van der Waals surface area (Å²) in [6.45, 7) is 25.4. The van der Waals surface area contributed by atoms with Gasteiger partial charge in [-0.2, -0.15) is 0 Å². The summed E-state index contributed by atoms with van der Waals surface area (Å²) in [5.41, 5.74) is 0. The van der Waals surface area contributed by atoms with Crippen LogP contribution in [0.2, 0.25) is 0 Å². The number of quaternary nitrogens is 1. The standard InChI is InChI=1S/C37H76NO2.C36H74O2P/c1-6-10-13-15-17-19-21-23-25-27-32-38(5,33-28-26-24-22-20-18-16-14-11-7-2)34-29-31-37(39)40-35-36(9-4)30-12-8-3;1-6-11-15-18-21-24-30-39(31-25-22-19-16-12-7-2,32-26-23-20-17-13-8-3)33-27-29-36(37)38-34-35(10-5)28-14-9-4/h36H,6-35H2,1-5H3;35H,6-34H2,1-5H3/q2*+1. The highest BCUT2D eigenvalue weighted by Crippen LogP contribution is 2.61. The highest BCUT2D eigenvalue weighted by molar-refractivity contribution is 7.75. The zero-order chi connectivity index (χ0) is 58.4. The maximum Gasteiger partial charge on any atom is 0.306 e. The fraction of sp³-hybridized carbons (Fsp3) is 0.973. The van der Waals surface area contributed by atoms with Crippen molar-refractivity contribution in [3.8, 4) is 0 Å². The van der Waals surface area contributed by atoms with Gasteiger partial charge < -0.3 is 14.0 Å². The third-order valence-corrected chi connectivity index (χ3v) is 23.3. The summed E-state index contributed by atoms with van der Waals surface area (Å²) in [5.74, 6) is 1.19. The van der Waals surface area contributed by atoms with Crippen molar-refractivity contribution in [2.24, 2.45) is 11.8 Å². The maximum atomic E-state index is 12.7. The van der Waals surface area contributed by atoms with E-state index in [0.717, 1.165) is 36.7 Å². The molecule has 2 unspecified atom stereocenters. The molecule has 474 valence electrons. The lowest BCUT2D eigenvalue weighted by Crippen LogP contribution is -2.46. The van der Waals surface area contributed by atoms with Crippen molar-refractivity contribution in [2.45, 2.75) is 383 Å². The molecule has 0 saturated heterocycles. The van der Waals surface area contributed by atoms with Crippen LogP contribution in [0.1, 0.15) is 383 Å². The van der Waals surface area contributed by atoms with Gasteiger partial charge in [0.1, 0.15) is 0 Å². The van der Waals surface area contributed by atoms with E-state index in [2.05, 4.69) is 69.4 Å². The summed E-state index contributed by atoms with van der Waals surface area (Å²) >= 11 is 0. The van der Waals surface area contributed by atoms with Gasteiger partial charge in [-0.3, -0.25) is 9.59 Å². The van der Waals surface area contributed by atoms with Crippen LogP contribution in [-0.2, 0) is 19.1 Å². The number of hydrogen-bond acceptors (Lipinski definition) is 4. The zero-order valence-corrected chi connectivity index (χ0v) is 57.3. The Morgan fingerprint density at radius 3 is 0.835 bits per heavy atom. The van der Waals surface area contributed by atoms with Gasteiger partial charge >= 0.3 is 11.9 Å². The number of nitrogens with zero attached hydrogens (tertiary/aromatic N) is 1. The molecule has 0 radical (unpaired) electrons. The van der Waals surface area contributed by atoms with Crippen molar-refractivity contribution >= 4 is 19.2 Å². The van der Waals surface area contributed by atoms with Gasteiger partial charge in [0.15, 0.2) is 0 Å². The van der Waals surface area contributed by atoms with Crippen molar-refractivity contribution in [2.75, 3.05) is 64.5 Å². The Morgan fingerprint density at radius 1 is 0.304 bits per heavy atom. The number of rotatable bonds is 63. The molecule has 0 aromatic rings. The molecule has 0 aliphatic heterocycles. The van der Waals surface area contributed by atoms with E-state index in [0.29, 0.717) is 37.9 Å². The van der Waals surface area contributed by atoms with Crippen LogP contribution in [0.15, 0.2) is 0 Å². The third kappa shape index (κ3) is 56.2. The Morgan fingerprint density at radius 2 is 0.544 bits per heavy atom. The second-order valence-electron chi connectivity index (χ2n) is 26.1. The molecule has 0 rings (SSSR count). The van der Waals surface area contributed by atoms with Gasteiger partial charge in [0.05, 0.1) is 71.0 Å². The highest BCUT2D eigenvalue weighted by atomic mass is 31.2. The van der Waals surface area contributed by atoms with Gasteiger partial charge in [0.25, 0.3) is 0 Å². The summed E-state index contributed by atoms with van der Waals surface area (Å²) < 4.78 is 12.6. The first-order valence-corrected chi connectivity index (χ1v) is 39.1. The van der Waals surface area contributed by atoms with Crippen LogP contribution < -0.4 is 0 Å². The van der Waals surface area contributed by atoms with Crippen LogP contribution in [0.5, 0.6) is 0 Å². The van der Waals surface area contributed by atoms with Gasteiger partial charge in [-0.05, 0) is 95.3 Å². The molecule has 0 N–H and O–H groups in total. The molecule has 2 atom stereocenters. The minimum atomic E-state index is -0.985. The van der Waals surface area contributed by atoms with E-state index >= 15 is 0 Å². The molecule has 0 aromatic heterocycles. The monoisotopic (exact) mass is 1140 g/mol. The molecule has 0 fully saturated rings. The quantitative estimate of drug-likeness (QED) is 0.0264. The van der Waals surface area contributed by atoms with Crippen LogP contribution >= 0.6 is 7.26 Å². The second-order valence-corrected chi connectivity index (χ2v) is 30.6. The molecule has 0 aliphatic carbocycles. The Balaban J connectivity index is 0. The van der Waals surface area contributed by atoms with Crippen molar-refractivity contribution in [1.29, 1.82) is 0 Å². The Hall–Kier alpha value is -0.670. The molecule has 0 saturated carbocycles. The normalized spacial score (nSPS) is 12.6. The average molecular weight is 1140 g/mol. The maximum absolute atomic E-state index is 12.7. The van der Waals surface area contributed by atoms with Crippen molar-refractivity contribution in [3.63, 3.8) is 0 Å². The molecular formula is C73H150NO4P+2. The Kier molecular flexibility index (Phi) is 64.5. The van der Waals surface area contributed by atoms with Crippen molar-refractivity contribution in [1.82, 2.24) is 0 Å². The SMILES string of the molecule is CCCCCCCCCCCC[N+](C)(CCCCCCCCCCCC)CCCC(=O)OCC(CC)CCCC.CCCCCCCC[P+](CCCCCCCC)(CCCCCCCC)CCCC(=O)OCC(CC)CCCC. The molecular weight excluding hydrogens is 986 g/mol. The summed E-state index contributed by atoms with van der Waals surface area (Å²) in [7, 11) is 1.48.